The lowest BCUT2D eigenvalue weighted by Gasteiger charge is -2.36. The summed E-state index contributed by atoms with van der Waals surface area (Å²) >= 11 is 0. The fraction of sp³-hybridized carbons (Fsp3) is 0.320. The van der Waals surface area contributed by atoms with Gasteiger partial charge >= 0.3 is 5.76 Å². The lowest BCUT2D eigenvalue weighted by molar-refractivity contribution is -0.122. The first-order valence-corrected chi connectivity index (χ1v) is 10.8. The topological polar surface area (TPSA) is 82.1 Å². The molecule has 2 heterocycles. The Morgan fingerprint density at radius 2 is 1.94 bits per heavy atom. The molecule has 4 aromatic rings. The minimum absolute atomic E-state index is 0.00934. The molecule has 0 bridgehead atoms. The van der Waals surface area contributed by atoms with Crippen LogP contribution in [0.2, 0.25) is 0 Å². The van der Waals surface area contributed by atoms with E-state index >= 15 is 0 Å². The van der Waals surface area contributed by atoms with Crippen molar-refractivity contribution in [1.29, 1.82) is 0 Å². The molecule has 1 N–H and O–H groups in total. The van der Waals surface area contributed by atoms with Crippen molar-refractivity contribution in [1.82, 2.24) is 19.7 Å². The van der Waals surface area contributed by atoms with Crippen LogP contribution in [0.5, 0.6) is 0 Å². The number of benzene rings is 2. The van der Waals surface area contributed by atoms with Crippen molar-refractivity contribution in [2.24, 2.45) is 5.41 Å². The van der Waals surface area contributed by atoms with Gasteiger partial charge in [0.2, 0.25) is 5.91 Å². The summed E-state index contributed by atoms with van der Waals surface area (Å²) in [5, 5.41) is 7.82. The first kappa shape index (κ1) is 20.3. The van der Waals surface area contributed by atoms with Gasteiger partial charge in [0.05, 0.1) is 29.1 Å². The largest absolute Gasteiger partial charge is 0.420 e. The summed E-state index contributed by atoms with van der Waals surface area (Å²) in [5.74, 6) is -0.755. The number of aromatic nitrogens is 3. The number of hydrogen-bond donors (Lipinski definition) is 1. The quantitative estimate of drug-likeness (QED) is 0.532. The number of aryl methyl sites for hydroxylation is 1. The van der Waals surface area contributed by atoms with Crippen LogP contribution in [0, 0.1) is 12.3 Å². The number of hydrogen-bond acceptors (Lipinski definition) is 4. The normalized spacial score (nSPS) is 17.3. The molecule has 0 radical (unpaired) electrons. The van der Waals surface area contributed by atoms with Gasteiger partial charge in [0.1, 0.15) is 6.54 Å². The SMILES string of the molecule is Cc1ccccc1-n1ncc2c1CC(C)(C)C[C@@H]2NC(=O)Cn1c(=O)oc2ccccc21. The molecule has 1 aliphatic rings. The van der Waals surface area contributed by atoms with Gasteiger partial charge in [0, 0.05) is 5.56 Å². The van der Waals surface area contributed by atoms with E-state index < -0.39 is 5.76 Å². The molecule has 5 rings (SSSR count). The summed E-state index contributed by atoms with van der Waals surface area (Å²) in [5.41, 5.74) is 5.43. The van der Waals surface area contributed by atoms with E-state index in [2.05, 4.69) is 43.3 Å². The number of rotatable bonds is 4. The predicted octanol–water partition coefficient (Wildman–Crippen LogP) is 3.92. The van der Waals surface area contributed by atoms with Crippen LogP contribution in [-0.2, 0) is 17.8 Å². The second kappa shape index (κ2) is 7.51. The van der Waals surface area contributed by atoms with Gasteiger partial charge in [-0.3, -0.25) is 9.36 Å². The molecule has 7 heteroatoms. The van der Waals surface area contributed by atoms with Gasteiger partial charge in [-0.25, -0.2) is 9.48 Å². The first-order valence-electron chi connectivity index (χ1n) is 10.8. The zero-order chi connectivity index (χ0) is 22.5. The van der Waals surface area contributed by atoms with Gasteiger partial charge in [-0.15, -0.1) is 0 Å². The number of amides is 1. The van der Waals surface area contributed by atoms with Crippen molar-refractivity contribution in [2.45, 2.75) is 46.2 Å². The lowest BCUT2D eigenvalue weighted by Crippen LogP contribution is -2.39. The Labute approximate surface area is 185 Å². The maximum Gasteiger partial charge on any atom is 0.420 e. The van der Waals surface area contributed by atoms with Crippen LogP contribution >= 0.6 is 0 Å². The highest BCUT2D eigenvalue weighted by Gasteiger charge is 2.36. The third-order valence-corrected chi connectivity index (χ3v) is 6.23. The first-order chi connectivity index (χ1) is 15.3. The average Bonchev–Trinajstić information content (AvgIpc) is 3.28. The lowest BCUT2D eigenvalue weighted by atomic mass is 9.74. The minimum Gasteiger partial charge on any atom is -0.408 e. The Morgan fingerprint density at radius 1 is 1.19 bits per heavy atom. The van der Waals surface area contributed by atoms with Crippen molar-refractivity contribution in [2.75, 3.05) is 0 Å². The zero-order valence-electron chi connectivity index (χ0n) is 18.5. The molecular formula is C25H26N4O3. The fourth-order valence-electron chi connectivity index (χ4n) is 4.73. The van der Waals surface area contributed by atoms with Crippen LogP contribution in [0.25, 0.3) is 16.8 Å². The summed E-state index contributed by atoms with van der Waals surface area (Å²) in [6.07, 6.45) is 3.53. The van der Waals surface area contributed by atoms with Crippen LogP contribution in [0.3, 0.4) is 0 Å². The van der Waals surface area contributed by atoms with Gasteiger partial charge in [-0.05, 0) is 48.9 Å². The molecule has 0 unspecified atom stereocenters. The molecule has 0 aliphatic heterocycles. The molecule has 164 valence electrons. The monoisotopic (exact) mass is 430 g/mol. The molecule has 0 fully saturated rings. The van der Waals surface area contributed by atoms with Crippen molar-refractivity contribution >= 4 is 17.0 Å². The van der Waals surface area contributed by atoms with E-state index in [-0.39, 0.29) is 23.9 Å². The molecule has 1 atom stereocenters. The average molecular weight is 431 g/mol. The molecule has 1 amide bonds. The Hall–Kier alpha value is -3.61. The molecule has 2 aromatic carbocycles. The third kappa shape index (κ3) is 3.53. The predicted molar refractivity (Wildman–Crippen MR) is 122 cm³/mol. The highest BCUT2D eigenvalue weighted by Crippen LogP contribution is 2.41. The standard InChI is InChI=1S/C25H26N4O3/c1-16-8-4-5-9-19(16)29-21-13-25(2,3)12-18(17(21)14-26-29)27-23(30)15-28-20-10-6-7-11-22(20)32-24(28)31/h4-11,14,18H,12-13,15H2,1-3H3,(H,27,30)/t18-/m0/s1. The molecule has 2 aromatic heterocycles. The van der Waals surface area contributed by atoms with E-state index in [1.807, 2.05) is 29.1 Å². The maximum atomic E-state index is 13.0. The zero-order valence-corrected chi connectivity index (χ0v) is 18.5. The van der Waals surface area contributed by atoms with E-state index in [0.717, 1.165) is 35.3 Å². The highest BCUT2D eigenvalue weighted by atomic mass is 16.4. The molecule has 0 saturated carbocycles. The van der Waals surface area contributed by atoms with Crippen molar-refractivity contribution < 1.29 is 9.21 Å². The van der Waals surface area contributed by atoms with Crippen LogP contribution < -0.4 is 11.1 Å². The van der Waals surface area contributed by atoms with Gasteiger partial charge < -0.3 is 9.73 Å². The smallest absolute Gasteiger partial charge is 0.408 e. The molecule has 0 spiro atoms. The highest BCUT2D eigenvalue weighted by molar-refractivity contribution is 5.79. The Bertz CT molecular complexity index is 1380. The summed E-state index contributed by atoms with van der Waals surface area (Å²) < 4.78 is 8.63. The Balaban J connectivity index is 1.45. The van der Waals surface area contributed by atoms with E-state index in [4.69, 9.17) is 4.42 Å². The van der Waals surface area contributed by atoms with Gasteiger partial charge in [0.25, 0.3) is 0 Å². The van der Waals surface area contributed by atoms with Gasteiger partial charge in [-0.2, -0.15) is 5.10 Å². The van der Waals surface area contributed by atoms with Gasteiger partial charge in [0.15, 0.2) is 5.58 Å². The summed E-state index contributed by atoms with van der Waals surface area (Å²) in [6.45, 7) is 6.40. The number of nitrogens with zero attached hydrogens (tertiary/aromatic N) is 3. The van der Waals surface area contributed by atoms with Crippen LogP contribution in [0.4, 0.5) is 0 Å². The van der Waals surface area contributed by atoms with Crippen LogP contribution in [-0.4, -0.2) is 20.3 Å². The van der Waals surface area contributed by atoms with Crippen molar-refractivity contribution in [3.8, 4) is 5.69 Å². The number of carbonyl (C=O) groups is 1. The van der Waals surface area contributed by atoms with E-state index in [1.165, 1.54) is 4.57 Å². The summed E-state index contributed by atoms with van der Waals surface area (Å²) in [4.78, 5) is 25.2. The summed E-state index contributed by atoms with van der Waals surface area (Å²) in [6, 6.07) is 15.1. The van der Waals surface area contributed by atoms with Crippen LogP contribution in [0.1, 0.15) is 43.1 Å². The van der Waals surface area contributed by atoms with Crippen molar-refractivity contribution in [3.63, 3.8) is 0 Å². The van der Waals surface area contributed by atoms with Crippen molar-refractivity contribution in [3.05, 3.63) is 82.1 Å². The van der Waals surface area contributed by atoms with E-state index in [1.54, 1.807) is 18.2 Å². The number of fused-ring (bicyclic) bond motifs is 2. The molecule has 1 aliphatic carbocycles. The second-order valence-corrected chi connectivity index (χ2v) is 9.33. The minimum atomic E-state index is -0.529. The summed E-state index contributed by atoms with van der Waals surface area (Å²) in [7, 11) is 0. The van der Waals surface area contributed by atoms with Crippen LogP contribution in [0.15, 0.2) is 63.9 Å². The van der Waals surface area contributed by atoms with E-state index in [9.17, 15) is 9.59 Å². The maximum absolute atomic E-state index is 13.0. The molecule has 32 heavy (non-hydrogen) atoms. The number of para-hydroxylation sites is 3. The van der Waals surface area contributed by atoms with Gasteiger partial charge in [-0.1, -0.05) is 44.2 Å². The third-order valence-electron chi connectivity index (χ3n) is 6.23. The number of carbonyl (C=O) groups excluding carboxylic acids is 1. The number of oxazole rings is 1. The molecular weight excluding hydrogens is 404 g/mol. The second-order valence-electron chi connectivity index (χ2n) is 9.33. The Kier molecular flexibility index (Phi) is 4.77. The fourth-order valence-corrected chi connectivity index (χ4v) is 4.73. The number of nitrogens with one attached hydrogen (secondary N) is 1. The molecule has 0 saturated heterocycles. The van der Waals surface area contributed by atoms with E-state index in [0.29, 0.717) is 11.1 Å². The Morgan fingerprint density at radius 3 is 2.75 bits per heavy atom. The molecule has 7 nitrogen and oxygen atoms in total.